The van der Waals surface area contributed by atoms with E-state index in [1.54, 1.807) is 12.1 Å². The lowest BCUT2D eigenvalue weighted by Crippen LogP contribution is -2.39. The normalized spacial score (nSPS) is 11.6. The topological polar surface area (TPSA) is 38.5 Å². The van der Waals surface area contributed by atoms with Gasteiger partial charge in [0.1, 0.15) is 12.4 Å². The van der Waals surface area contributed by atoms with E-state index in [1.807, 2.05) is 6.07 Å². The summed E-state index contributed by atoms with van der Waals surface area (Å²) < 4.78 is 5.69. The fourth-order valence-electron chi connectivity index (χ4n) is 1.98. The Morgan fingerprint density at radius 1 is 1.22 bits per heavy atom. The number of hydrogen-bond donors (Lipinski definition) is 1. The first kappa shape index (κ1) is 15.1. The molecule has 0 aliphatic rings. The number of anilines is 1. The summed E-state index contributed by atoms with van der Waals surface area (Å²) in [5.74, 6) is 0.765. The van der Waals surface area contributed by atoms with Gasteiger partial charge in [-0.1, -0.05) is 11.6 Å². The maximum atomic E-state index is 5.94. The van der Waals surface area contributed by atoms with E-state index in [2.05, 4.69) is 32.6 Å². The summed E-state index contributed by atoms with van der Waals surface area (Å²) in [6.07, 6.45) is 0. The lowest BCUT2D eigenvalue weighted by molar-refractivity contribution is 0.142. The number of nitrogen functional groups attached to an aromatic ring is 1. The molecule has 0 heterocycles. The molecule has 1 aromatic carbocycles. The molecular weight excluding hydrogens is 248 g/mol. The highest BCUT2D eigenvalue weighted by atomic mass is 35.5. The molecule has 18 heavy (non-hydrogen) atoms. The molecule has 0 saturated heterocycles. The van der Waals surface area contributed by atoms with Crippen LogP contribution in [0.4, 0.5) is 5.69 Å². The predicted octanol–water partition coefficient (Wildman–Crippen LogP) is 3.42. The fraction of sp³-hybridized carbons (Fsp3) is 0.571. The van der Waals surface area contributed by atoms with Gasteiger partial charge in [0.05, 0.1) is 10.7 Å². The van der Waals surface area contributed by atoms with E-state index in [1.165, 1.54) is 0 Å². The molecule has 0 spiro atoms. The Balaban J connectivity index is 2.47. The van der Waals surface area contributed by atoms with Crippen LogP contribution in [0, 0.1) is 0 Å². The van der Waals surface area contributed by atoms with Crippen LogP contribution in [0.5, 0.6) is 5.75 Å². The second-order valence-electron chi connectivity index (χ2n) is 4.96. The number of ether oxygens (including phenoxy) is 1. The van der Waals surface area contributed by atoms with Gasteiger partial charge in [0.15, 0.2) is 0 Å². The summed E-state index contributed by atoms with van der Waals surface area (Å²) in [7, 11) is 0. The zero-order chi connectivity index (χ0) is 13.7. The molecule has 0 atom stereocenters. The van der Waals surface area contributed by atoms with Crippen molar-refractivity contribution >= 4 is 17.3 Å². The second-order valence-corrected chi connectivity index (χ2v) is 5.36. The average Bonchev–Trinajstić information content (AvgIpc) is 2.28. The number of nitrogens with zero attached hydrogens (tertiary/aromatic N) is 1. The number of nitrogens with two attached hydrogens (primary N) is 1. The molecule has 3 nitrogen and oxygen atoms in total. The van der Waals surface area contributed by atoms with E-state index in [-0.39, 0.29) is 0 Å². The van der Waals surface area contributed by atoms with E-state index in [4.69, 9.17) is 22.1 Å². The Morgan fingerprint density at radius 2 is 1.83 bits per heavy atom. The molecule has 1 aromatic rings. The molecule has 0 saturated carbocycles. The molecule has 0 aliphatic heterocycles. The number of halogens is 1. The van der Waals surface area contributed by atoms with Gasteiger partial charge in [-0.3, -0.25) is 4.90 Å². The maximum absolute atomic E-state index is 5.94. The van der Waals surface area contributed by atoms with Gasteiger partial charge in [-0.2, -0.15) is 0 Å². The highest BCUT2D eigenvalue weighted by Gasteiger charge is 2.12. The molecule has 102 valence electrons. The molecule has 4 heteroatoms. The van der Waals surface area contributed by atoms with Gasteiger partial charge in [0.25, 0.3) is 0 Å². The highest BCUT2D eigenvalue weighted by molar-refractivity contribution is 6.33. The first-order chi connectivity index (χ1) is 8.41. The van der Waals surface area contributed by atoms with E-state index >= 15 is 0 Å². The summed E-state index contributed by atoms with van der Waals surface area (Å²) in [6.45, 7) is 10.3. The molecule has 0 radical (unpaired) electrons. The van der Waals surface area contributed by atoms with Crippen LogP contribution in [0.15, 0.2) is 18.2 Å². The third-order valence-corrected chi connectivity index (χ3v) is 3.24. The third-order valence-electron chi connectivity index (χ3n) is 2.92. The zero-order valence-corrected chi connectivity index (χ0v) is 12.4. The second kappa shape index (κ2) is 6.86. The van der Waals surface area contributed by atoms with E-state index in [9.17, 15) is 0 Å². The molecule has 0 aromatic heterocycles. The van der Waals surface area contributed by atoms with E-state index in [0.29, 0.717) is 29.4 Å². The van der Waals surface area contributed by atoms with Crippen molar-refractivity contribution in [1.82, 2.24) is 4.90 Å². The SMILES string of the molecule is CC(C)N(CCOc1ccc(N)c(Cl)c1)C(C)C. The molecule has 0 aliphatic carbocycles. The summed E-state index contributed by atoms with van der Waals surface area (Å²) in [5.41, 5.74) is 6.23. The van der Waals surface area contributed by atoms with Gasteiger partial charge >= 0.3 is 0 Å². The molecular formula is C14H23ClN2O. The minimum atomic E-state index is 0.517. The van der Waals surface area contributed by atoms with Gasteiger partial charge in [0.2, 0.25) is 0 Å². The Morgan fingerprint density at radius 3 is 2.33 bits per heavy atom. The van der Waals surface area contributed by atoms with Crippen LogP contribution in [-0.4, -0.2) is 30.1 Å². The zero-order valence-electron chi connectivity index (χ0n) is 11.6. The van der Waals surface area contributed by atoms with Crippen molar-refractivity contribution in [3.8, 4) is 5.75 Å². The minimum Gasteiger partial charge on any atom is -0.492 e. The summed E-state index contributed by atoms with van der Waals surface area (Å²) >= 11 is 5.94. The molecule has 0 unspecified atom stereocenters. The van der Waals surface area contributed by atoms with Crippen LogP contribution in [0.2, 0.25) is 5.02 Å². The highest BCUT2D eigenvalue weighted by Crippen LogP contribution is 2.24. The summed E-state index contributed by atoms with van der Waals surface area (Å²) in [4.78, 5) is 2.39. The van der Waals surface area contributed by atoms with Crippen molar-refractivity contribution in [3.63, 3.8) is 0 Å². The largest absolute Gasteiger partial charge is 0.492 e. The number of hydrogen-bond acceptors (Lipinski definition) is 3. The lowest BCUT2D eigenvalue weighted by atomic mass is 10.2. The third kappa shape index (κ3) is 4.39. The molecule has 1 rings (SSSR count). The van der Waals surface area contributed by atoms with Crippen molar-refractivity contribution in [2.75, 3.05) is 18.9 Å². The monoisotopic (exact) mass is 270 g/mol. The molecule has 0 fully saturated rings. The van der Waals surface area contributed by atoms with Crippen LogP contribution in [0.3, 0.4) is 0 Å². The minimum absolute atomic E-state index is 0.517. The quantitative estimate of drug-likeness (QED) is 0.805. The van der Waals surface area contributed by atoms with Crippen molar-refractivity contribution in [2.24, 2.45) is 0 Å². The standard InChI is InChI=1S/C14H23ClN2O/c1-10(2)17(11(3)4)7-8-18-12-5-6-14(16)13(15)9-12/h5-6,9-11H,7-8,16H2,1-4H3. The van der Waals surface area contributed by atoms with Crippen LogP contribution >= 0.6 is 11.6 Å². The van der Waals surface area contributed by atoms with Crippen molar-refractivity contribution in [1.29, 1.82) is 0 Å². The first-order valence-corrected chi connectivity index (χ1v) is 6.73. The van der Waals surface area contributed by atoms with Gasteiger partial charge in [0, 0.05) is 24.7 Å². The molecule has 2 N–H and O–H groups in total. The van der Waals surface area contributed by atoms with Crippen LogP contribution in [0.1, 0.15) is 27.7 Å². The molecule has 0 bridgehead atoms. The Kier molecular flexibility index (Phi) is 5.76. The Hall–Kier alpha value is -0.930. The van der Waals surface area contributed by atoms with Gasteiger partial charge in [-0.25, -0.2) is 0 Å². The van der Waals surface area contributed by atoms with Gasteiger partial charge in [-0.05, 0) is 39.8 Å². The maximum Gasteiger partial charge on any atom is 0.121 e. The van der Waals surface area contributed by atoms with Crippen LogP contribution in [-0.2, 0) is 0 Å². The van der Waals surface area contributed by atoms with Crippen molar-refractivity contribution in [2.45, 2.75) is 39.8 Å². The van der Waals surface area contributed by atoms with Crippen molar-refractivity contribution in [3.05, 3.63) is 23.2 Å². The number of rotatable bonds is 6. The molecule has 0 amide bonds. The van der Waals surface area contributed by atoms with Gasteiger partial charge in [-0.15, -0.1) is 0 Å². The number of benzene rings is 1. The predicted molar refractivity (Wildman–Crippen MR) is 78.3 cm³/mol. The Bertz CT molecular complexity index is 372. The van der Waals surface area contributed by atoms with E-state index < -0.39 is 0 Å². The van der Waals surface area contributed by atoms with Crippen LogP contribution in [0.25, 0.3) is 0 Å². The lowest BCUT2D eigenvalue weighted by Gasteiger charge is -2.30. The van der Waals surface area contributed by atoms with Crippen LogP contribution < -0.4 is 10.5 Å². The van der Waals surface area contributed by atoms with Crippen molar-refractivity contribution < 1.29 is 4.74 Å². The van der Waals surface area contributed by atoms with Gasteiger partial charge < -0.3 is 10.5 Å². The summed E-state index contributed by atoms with van der Waals surface area (Å²) in [6, 6.07) is 6.40. The summed E-state index contributed by atoms with van der Waals surface area (Å²) in [5, 5.41) is 0.539. The first-order valence-electron chi connectivity index (χ1n) is 6.35. The van der Waals surface area contributed by atoms with E-state index in [0.717, 1.165) is 12.3 Å². The Labute approximate surface area is 115 Å². The average molecular weight is 271 g/mol. The smallest absolute Gasteiger partial charge is 0.121 e. The fourth-order valence-corrected chi connectivity index (χ4v) is 2.15.